The van der Waals surface area contributed by atoms with Crippen LogP contribution in [0, 0.1) is 0 Å². The number of amides is 1. The number of aromatic carboxylic acids is 1. The van der Waals surface area contributed by atoms with Crippen LogP contribution in [-0.2, 0) is 14.8 Å². The Bertz CT molecular complexity index is 829. The minimum Gasteiger partial charge on any atom is -0.476 e. The summed E-state index contributed by atoms with van der Waals surface area (Å²) in [6.45, 7) is 1.70. The lowest BCUT2D eigenvalue weighted by atomic mass is 10.3. The molecule has 0 aliphatic rings. The van der Waals surface area contributed by atoms with Crippen LogP contribution in [0.3, 0.4) is 0 Å². The molecule has 0 aliphatic carbocycles. The van der Waals surface area contributed by atoms with Crippen molar-refractivity contribution in [3.8, 4) is 0 Å². The van der Waals surface area contributed by atoms with Gasteiger partial charge in [0.1, 0.15) is 0 Å². The van der Waals surface area contributed by atoms with Crippen molar-refractivity contribution in [2.75, 3.05) is 10.0 Å². The number of sulfonamides is 1. The molecule has 1 heterocycles. The van der Waals surface area contributed by atoms with Crippen LogP contribution < -0.4 is 10.0 Å². The van der Waals surface area contributed by atoms with Gasteiger partial charge in [-0.15, -0.1) is 10.2 Å². The van der Waals surface area contributed by atoms with E-state index < -0.39 is 16.0 Å². The monoisotopic (exact) mass is 356 g/mol. The molecule has 0 saturated heterocycles. The van der Waals surface area contributed by atoms with Crippen LogP contribution in [0.1, 0.15) is 23.1 Å². The zero-order valence-electron chi connectivity index (χ0n) is 11.8. The quantitative estimate of drug-likeness (QED) is 0.710. The number of nitrogens with zero attached hydrogens (tertiary/aromatic N) is 2. The average Bonchev–Trinajstić information content (AvgIpc) is 2.95. The van der Waals surface area contributed by atoms with E-state index in [1.807, 2.05) is 0 Å². The topological polar surface area (TPSA) is 138 Å². The molecule has 9 nitrogen and oxygen atoms in total. The fraction of sp³-hybridized carbons (Fsp3) is 0.167. The van der Waals surface area contributed by atoms with Gasteiger partial charge in [-0.05, 0) is 24.3 Å². The summed E-state index contributed by atoms with van der Waals surface area (Å²) in [5.74, 6) is -1.47. The van der Waals surface area contributed by atoms with Gasteiger partial charge in [0.05, 0.1) is 4.90 Å². The Labute approximate surface area is 135 Å². The van der Waals surface area contributed by atoms with E-state index in [0.29, 0.717) is 23.4 Å². The molecule has 1 aromatic heterocycles. The molecular weight excluding hydrogens is 344 g/mol. The van der Waals surface area contributed by atoms with Crippen LogP contribution in [0.25, 0.3) is 0 Å². The Kier molecular flexibility index (Phi) is 4.91. The van der Waals surface area contributed by atoms with E-state index in [-0.39, 0.29) is 20.9 Å². The number of carbonyl (C=O) groups excluding carboxylic acids is 1. The van der Waals surface area contributed by atoms with Gasteiger partial charge >= 0.3 is 5.97 Å². The van der Waals surface area contributed by atoms with Crippen LogP contribution in [-0.4, -0.2) is 35.6 Å². The maximum Gasteiger partial charge on any atom is 0.367 e. The number of anilines is 2. The third kappa shape index (κ3) is 4.23. The van der Waals surface area contributed by atoms with E-state index in [4.69, 9.17) is 5.11 Å². The first-order valence-electron chi connectivity index (χ1n) is 6.31. The molecule has 1 aromatic carbocycles. The van der Waals surface area contributed by atoms with Crippen LogP contribution in [0.15, 0.2) is 29.2 Å². The van der Waals surface area contributed by atoms with Gasteiger partial charge in [0.2, 0.25) is 16.0 Å². The van der Waals surface area contributed by atoms with Gasteiger partial charge in [-0.1, -0.05) is 18.3 Å². The van der Waals surface area contributed by atoms with Crippen LogP contribution in [0.2, 0.25) is 0 Å². The molecule has 0 spiro atoms. The van der Waals surface area contributed by atoms with E-state index in [0.717, 1.165) is 0 Å². The van der Waals surface area contributed by atoms with Gasteiger partial charge in [0, 0.05) is 12.1 Å². The van der Waals surface area contributed by atoms with E-state index >= 15 is 0 Å². The summed E-state index contributed by atoms with van der Waals surface area (Å²) in [5, 5.41) is 17.7. The summed E-state index contributed by atoms with van der Waals surface area (Å²) in [7, 11) is -3.92. The predicted molar refractivity (Wildman–Crippen MR) is 83.0 cm³/mol. The van der Waals surface area contributed by atoms with E-state index in [1.54, 1.807) is 6.92 Å². The first-order chi connectivity index (χ1) is 10.8. The van der Waals surface area contributed by atoms with E-state index in [1.165, 1.54) is 24.3 Å². The number of hydrogen-bond donors (Lipinski definition) is 3. The minimum atomic E-state index is -3.92. The molecule has 2 rings (SSSR count). The molecule has 11 heteroatoms. The Hall–Kier alpha value is -2.53. The van der Waals surface area contributed by atoms with Crippen molar-refractivity contribution in [1.82, 2.24) is 10.2 Å². The lowest BCUT2D eigenvalue weighted by molar-refractivity contribution is -0.115. The van der Waals surface area contributed by atoms with Gasteiger partial charge < -0.3 is 10.4 Å². The van der Waals surface area contributed by atoms with Gasteiger partial charge in [-0.2, -0.15) is 0 Å². The van der Waals surface area contributed by atoms with Crippen molar-refractivity contribution >= 4 is 44.1 Å². The van der Waals surface area contributed by atoms with Crippen molar-refractivity contribution in [3.05, 3.63) is 29.3 Å². The molecular formula is C12H12N4O5S2. The second-order valence-electron chi connectivity index (χ2n) is 4.25. The molecule has 0 atom stereocenters. The molecule has 0 radical (unpaired) electrons. The summed E-state index contributed by atoms with van der Waals surface area (Å²) in [4.78, 5) is 21.9. The first kappa shape index (κ1) is 16.8. The van der Waals surface area contributed by atoms with Gasteiger partial charge in [0.25, 0.3) is 10.0 Å². The number of carboxylic acids is 1. The number of carbonyl (C=O) groups is 2. The predicted octanol–water partition coefficient (Wildman–Crippen LogP) is 1.39. The van der Waals surface area contributed by atoms with Crippen LogP contribution in [0.4, 0.5) is 10.8 Å². The molecule has 0 bridgehead atoms. The number of rotatable bonds is 6. The van der Waals surface area contributed by atoms with Crippen molar-refractivity contribution in [3.63, 3.8) is 0 Å². The summed E-state index contributed by atoms with van der Waals surface area (Å²) >= 11 is 0.608. The molecule has 23 heavy (non-hydrogen) atoms. The molecule has 3 N–H and O–H groups in total. The zero-order valence-corrected chi connectivity index (χ0v) is 13.4. The third-order valence-corrected chi connectivity index (χ3v) is 4.91. The molecule has 2 aromatic rings. The maximum atomic E-state index is 12.2. The summed E-state index contributed by atoms with van der Waals surface area (Å²) in [5.41, 5.74) is 0.472. The summed E-state index contributed by atoms with van der Waals surface area (Å²) < 4.78 is 26.5. The van der Waals surface area contributed by atoms with Gasteiger partial charge in [-0.3, -0.25) is 9.52 Å². The van der Waals surface area contributed by atoms with Gasteiger partial charge in [-0.25, -0.2) is 13.2 Å². The second kappa shape index (κ2) is 6.71. The number of nitrogens with one attached hydrogen (secondary N) is 2. The summed E-state index contributed by atoms with van der Waals surface area (Å²) in [6.07, 6.45) is 0.310. The van der Waals surface area contributed by atoms with Crippen molar-refractivity contribution in [1.29, 1.82) is 0 Å². The van der Waals surface area contributed by atoms with Gasteiger partial charge in [0.15, 0.2) is 0 Å². The lowest BCUT2D eigenvalue weighted by Gasteiger charge is -2.07. The Morgan fingerprint density at radius 2 is 1.87 bits per heavy atom. The molecule has 122 valence electrons. The van der Waals surface area contributed by atoms with Crippen molar-refractivity contribution in [2.24, 2.45) is 0 Å². The Morgan fingerprint density at radius 1 is 1.22 bits per heavy atom. The molecule has 1 amide bonds. The smallest absolute Gasteiger partial charge is 0.367 e. The molecule has 0 aliphatic heterocycles. The van der Waals surface area contributed by atoms with Crippen molar-refractivity contribution in [2.45, 2.75) is 18.2 Å². The fourth-order valence-electron chi connectivity index (χ4n) is 1.49. The SMILES string of the molecule is CCC(=O)Nc1ccc(S(=O)(=O)Nc2nnc(C(=O)O)s2)cc1. The average molecular weight is 356 g/mol. The molecule has 0 unspecified atom stereocenters. The second-order valence-corrected chi connectivity index (χ2v) is 6.91. The molecule has 0 fully saturated rings. The highest BCUT2D eigenvalue weighted by molar-refractivity contribution is 7.93. The summed E-state index contributed by atoms with van der Waals surface area (Å²) in [6, 6.07) is 5.52. The Morgan fingerprint density at radius 3 is 2.39 bits per heavy atom. The normalized spacial score (nSPS) is 11.0. The third-order valence-electron chi connectivity index (χ3n) is 2.60. The van der Waals surface area contributed by atoms with Crippen LogP contribution >= 0.6 is 11.3 Å². The highest BCUT2D eigenvalue weighted by atomic mass is 32.2. The number of benzene rings is 1. The van der Waals surface area contributed by atoms with E-state index in [9.17, 15) is 18.0 Å². The lowest BCUT2D eigenvalue weighted by Crippen LogP contribution is -2.13. The number of hydrogen-bond acceptors (Lipinski definition) is 7. The highest BCUT2D eigenvalue weighted by Crippen LogP contribution is 2.21. The largest absolute Gasteiger partial charge is 0.476 e. The Balaban J connectivity index is 2.15. The molecule has 0 saturated carbocycles. The zero-order chi connectivity index (χ0) is 17.0. The highest BCUT2D eigenvalue weighted by Gasteiger charge is 2.18. The van der Waals surface area contributed by atoms with Crippen molar-refractivity contribution < 1.29 is 23.1 Å². The maximum absolute atomic E-state index is 12.2. The standard InChI is InChI=1S/C12H12N4O5S2/c1-2-9(17)13-7-3-5-8(6-4-7)23(20,21)16-12-15-14-10(22-12)11(18)19/h3-6H,2H2,1H3,(H,13,17)(H,15,16)(H,18,19). The first-order valence-corrected chi connectivity index (χ1v) is 8.61. The minimum absolute atomic E-state index is 0.0564. The number of carboxylic acid groups (broad SMARTS) is 1. The number of aromatic nitrogens is 2. The van der Waals surface area contributed by atoms with E-state index in [2.05, 4.69) is 20.2 Å². The van der Waals surface area contributed by atoms with Crippen LogP contribution in [0.5, 0.6) is 0 Å². The fourth-order valence-corrected chi connectivity index (χ4v) is 3.30.